The van der Waals surface area contributed by atoms with Gasteiger partial charge in [0.1, 0.15) is 0 Å². The molecule has 7 nitrogen and oxygen atoms in total. The van der Waals surface area contributed by atoms with Crippen molar-refractivity contribution in [3.05, 3.63) is 29.3 Å². The molecule has 5 rings (SSSR count). The van der Waals surface area contributed by atoms with Crippen molar-refractivity contribution in [1.82, 2.24) is 15.5 Å². The third kappa shape index (κ3) is 2.80. The maximum atomic E-state index is 12.7. The predicted molar refractivity (Wildman–Crippen MR) is 99.2 cm³/mol. The van der Waals surface area contributed by atoms with Gasteiger partial charge in [-0.25, -0.2) is 4.79 Å². The molecule has 1 aliphatic carbocycles. The normalized spacial score (nSPS) is 28.0. The molecule has 27 heavy (non-hydrogen) atoms. The number of hydrogen-bond acceptors (Lipinski definition) is 4. The van der Waals surface area contributed by atoms with Crippen LogP contribution in [0.3, 0.4) is 0 Å². The van der Waals surface area contributed by atoms with Gasteiger partial charge in [-0.15, -0.1) is 0 Å². The Balaban J connectivity index is 1.27. The fraction of sp³-hybridized carbons (Fsp3) is 0.550. The zero-order valence-corrected chi connectivity index (χ0v) is 15.1. The molecule has 0 spiro atoms. The zero-order valence-electron chi connectivity index (χ0n) is 15.1. The standard InChI is InChI=1S/C20H23N5O2/c21-11-25-15-4-6-18(25)16(10-15)23-19(26)13-1-5-17-12(9-13)7-8-24(17)20(27)22-14-2-3-14/h1,5,9,14-16,18H,2-4,6-8,10H2,(H,22,27)(H,23,26)/t15-,16+,18+/m1/s1. The fourth-order valence-corrected chi connectivity index (χ4v) is 4.79. The molecule has 7 heteroatoms. The molecule has 4 aliphatic rings. The summed E-state index contributed by atoms with van der Waals surface area (Å²) >= 11 is 0. The topological polar surface area (TPSA) is 88.5 Å². The number of nitrogens with zero attached hydrogens (tertiary/aromatic N) is 3. The summed E-state index contributed by atoms with van der Waals surface area (Å²) in [6.45, 7) is 0.655. The van der Waals surface area contributed by atoms with Crippen molar-refractivity contribution >= 4 is 17.6 Å². The van der Waals surface area contributed by atoms with Crippen LogP contribution in [0.4, 0.5) is 10.5 Å². The van der Waals surface area contributed by atoms with Crippen LogP contribution in [0.5, 0.6) is 0 Å². The molecule has 0 aromatic heterocycles. The first-order valence-corrected chi connectivity index (χ1v) is 9.84. The van der Waals surface area contributed by atoms with E-state index in [0.29, 0.717) is 18.2 Å². The number of urea groups is 1. The first-order valence-electron chi connectivity index (χ1n) is 9.84. The van der Waals surface area contributed by atoms with E-state index in [1.54, 1.807) is 11.0 Å². The number of rotatable bonds is 3. The summed E-state index contributed by atoms with van der Waals surface area (Å²) in [4.78, 5) is 28.7. The third-order valence-corrected chi connectivity index (χ3v) is 6.36. The van der Waals surface area contributed by atoms with Crippen molar-refractivity contribution in [3.63, 3.8) is 0 Å². The van der Waals surface area contributed by atoms with Gasteiger partial charge in [-0.2, -0.15) is 5.26 Å². The lowest BCUT2D eigenvalue weighted by molar-refractivity contribution is 0.0928. The van der Waals surface area contributed by atoms with Crippen molar-refractivity contribution in [2.75, 3.05) is 11.4 Å². The average molecular weight is 365 g/mol. The lowest BCUT2D eigenvalue weighted by atomic mass is 9.95. The van der Waals surface area contributed by atoms with Crippen LogP contribution in [0.2, 0.25) is 0 Å². The number of anilines is 1. The maximum Gasteiger partial charge on any atom is 0.322 e. The summed E-state index contributed by atoms with van der Waals surface area (Å²) in [5.41, 5.74) is 2.57. The Kier molecular flexibility index (Phi) is 3.74. The van der Waals surface area contributed by atoms with Crippen molar-refractivity contribution in [2.24, 2.45) is 0 Å². The molecule has 3 heterocycles. The van der Waals surface area contributed by atoms with Gasteiger partial charge in [0.15, 0.2) is 6.19 Å². The van der Waals surface area contributed by atoms with E-state index >= 15 is 0 Å². The Labute approximate surface area is 158 Å². The van der Waals surface area contributed by atoms with Crippen molar-refractivity contribution < 1.29 is 9.59 Å². The first kappa shape index (κ1) is 16.4. The quantitative estimate of drug-likeness (QED) is 0.799. The van der Waals surface area contributed by atoms with Crippen molar-refractivity contribution in [3.8, 4) is 6.19 Å². The zero-order chi connectivity index (χ0) is 18.5. The van der Waals surface area contributed by atoms with Gasteiger partial charge < -0.3 is 15.5 Å². The number of nitrogens with one attached hydrogen (secondary N) is 2. The fourth-order valence-electron chi connectivity index (χ4n) is 4.79. The number of benzene rings is 1. The SMILES string of the molecule is N#CN1[C@@H]2CC[C@H]1[C@@H](NC(=O)c1ccc3c(c1)CCN3C(=O)NC1CC1)C2. The van der Waals surface area contributed by atoms with Gasteiger partial charge in [0.05, 0.1) is 12.1 Å². The van der Waals surface area contributed by atoms with Crippen LogP contribution in [0.25, 0.3) is 0 Å². The Morgan fingerprint density at radius 1 is 1.15 bits per heavy atom. The minimum Gasteiger partial charge on any atom is -0.347 e. The molecule has 1 aromatic carbocycles. The van der Waals surface area contributed by atoms with Gasteiger partial charge in [0, 0.05) is 29.9 Å². The van der Waals surface area contributed by atoms with E-state index in [1.807, 2.05) is 17.0 Å². The molecule has 1 saturated carbocycles. The average Bonchev–Trinajstić information content (AvgIpc) is 3.13. The summed E-state index contributed by atoms with van der Waals surface area (Å²) in [7, 11) is 0. The highest BCUT2D eigenvalue weighted by molar-refractivity contribution is 5.98. The number of amides is 3. The summed E-state index contributed by atoms with van der Waals surface area (Å²) < 4.78 is 0. The minimum atomic E-state index is -0.0888. The van der Waals surface area contributed by atoms with E-state index in [4.69, 9.17) is 0 Å². The number of fused-ring (bicyclic) bond motifs is 3. The summed E-state index contributed by atoms with van der Waals surface area (Å²) in [6.07, 6.45) is 8.04. The van der Waals surface area contributed by atoms with E-state index in [-0.39, 0.29) is 30.1 Å². The van der Waals surface area contributed by atoms with Gasteiger partial charge >= 0.3 is 6.03 Å². The lowest BCUT2D eigenvalue weighted by Crippen LogP contribution is -2.43. The lowest BCUT2D eigenvalue weighted by Gasteiger charge is -2.22. The van der Waals surface area contributed by atoms with Gasteiger partial charge in [0.25, 0.3) is 5.91 Å². The first-order chi connectivity index (χ1) is 13.1. The summed E-state index contributed by atoms with van der Waals surface area (Å²) in [5, 5.41) is 15.4. The minimum absolute atomic E-state index is 0.0352. The molecule has 140 valence electrons. The smallest absolute Gasteiger partial charge is 0.322 e. The van der Waals surface area contributed by atoms with Crippen LogP contribution in [0.15, 0.2) is 18.2 Å². The van der Waals surface area contributed by atoms with Gasteiger partial charge in [-0.3, -0.25) is 9.69 Å². The second-order valence-corrected chi connectivity index (χ2v) is 8.09. The van der Waals surface area contributed by atoms with E-state index in [9.17, 15) is 14.9 Å². The molecule has 2 saturated heterocycles. The Bertz CT molecular complexity index is 843. The molecule has 0 unspecified atom stereocenters. The Morgan fingerprint density at radius 2 is 2.00 bits per heavy atom. The number of carbonyl (C=O) groups excluding carboxylic acids is 2. The molecule has 0 radical (unpaired) electrons. The van der Waals surface area contributed by atoms with Crippen molar-refractivity contribution in [2.45, 2.75) is 62.7 Å². The van der Waals surface area contributed by atoms with Crippen LogP contribution in [0.1, 0.15) is 48.0 Å². The van der Waals surface area contributed by atoms with E-state index < -0.39 is 0 Å². The monoisotopic (exact) mass is 365 g/mol. The number of hydrogen-bond donors (Lipinski definition) is 2. The highest BCUT2D eigenvalue weighted by atomic mass is 16.2. The molecular formula is C20H23N5O2. The third-order valence-electron chi connectivity index (χ3n) is 6.36. The van der Waals surface area contributed by atoms with Crippen LogP contribution >= 0.6 is 0 Å². The highest BCUT2D eigenvalue weighted by Crippen LogP contribution is 2.37. The highest BCUT2D eigenvalue weighted by Gasteiger charge is 2.46. The number of nitriles is 1. The molecule has 2 N–H and O–H groups in total. The molecule has 3 atom stereocenters. The molecule has 3 amide bonds. The summed E-state index contributed by atoms with van der Waals surface area (Å²) in [6, 6.07) is 6.35. The van der Waals surface area contributed by atoms with Gasteiger partial charge in [-0.1, -0.05) is 0 Å². The van der Waals surface area contributed by atoms with E-state index in [2.05, 4.69) is 16.8 Å². The second-order valence-electron chi connectivity index (χ2n) is 8.09. The molecule has 3 fully saturated rings. The van der Waals surface area contributed by atoms with E-state index in [1.165, 1.54) is 0 Å². The van der Waals surface area contributed by atoms with Gasteiger partial charge in [0.2, 0.25) is 0 Å². The number of carbonyl (C=O) groups is 2. The maximum absolute atomic E-state index is 12.7. The van der Waals surface area contributed by atoms with E-state index in [0.717, 1.165) is 49.8 Å². The molecular weight excluding hydrogens is 342 g/mol. The second kappa shape index (κ2) is 6.15. The molecule has 2 bridgehead atoms. The van der Waals surface area contributed by atoms with Crippen molar-refractivity contribution in [1.29, 1.82) is 5.26 Å². The summed E-state index contributed by atoms with van der Waals surface area (Å²) in [5.74, 6) is -0.0888. The largest absolute Gasteiger partial charge is 0.347 e. The van der Waals surface area contributed by atoms with Crippen LogP contribution in [-0.4, -0.2) is 47.6 Å². The molecule has 3 aliphatic heterocycles. The molecule has 1 aromatic rings. The Morgan fingerprint density at radius 3 is 2.74 bits per heavy atom. The Hall–Kier alpha value is -2.75. The van der Waals surface area contributed by atoms with Crippen LogP contribution in [-0.2, 0) is 6.42 Å². The van der Waals surface area contributed by atoms with Crippen LogP contribution in [0, 0.1) is 11.5 Å². The predicted octanol–water partition coefficient (Wildman–Crippen LogP) is 1.74. The van der Waals surface area contributed by atoms with Crippen LogP contribution < -0.4 is 15.5 Å². The van der Waals surface area contributed by atoms with Gasteiger partial charge in [-0.05, 0) is 62.3 Å².